The van der Waals surface area contributed by atoms with Gasteiger partial charge in [-0.15, -0.1) is 0 Å². The van der Waals surface area contributed by atoms with Gasteiger partial charge in [0.1, 0.15) is 0 Å². The summed E-state index contributed by atoms with van der Waals surface area (Å²) in [7, 11) is 0. The number of amides is 1. The van der Waals surface area contributed by atoms with Crippen molar-refractivity contribution in [2.24, 2.45) is 11.0 Å². The van der Waals surface area contributed by atoms with Crippen LogP contribution < -0.4 is 4.90 Å². The number of carbonyl (C=O) groups excluding carboxylic acids is 1. The Kier molecular flexibility index (Phi) is 5.12. The van der Waals surface area contributed by atoms with Gasteiger partial charge in [0, 0.05) is 49.7 Å². The largest absolute Gasteiger partial charge is 0.379 e. The maximum absolute atomic E-state index is 12.2. The van der Waals surface area contributed by atoms with Gasteiger partial charge in [0.25, 0.3) is 0 Å². The molecule has 0 spiro atoms. The average Bonchev–Trinajstić information content (AvgIpc) is 2.95. The molecule has 1 aromatic rings. The molecule has 2 fully saturated rings. The molecule has 1 unspecified atom stereocenters. The second-order valence-electron chi connectivity index (χ2n) is 6.05. The molecule has 0 bridgehead atoms. The maximum atomic E-state index is 12.2. The maximum Gasteiger partial charge on any atom is 0.227 e. The fourth-order valence-corrected chi connectivity index (χ4v) is 3.15. The smallest absolute Gasteiger partial charge is 0.227 e. The Morgan fingerprint density at radius 3 is 2.96 bits per heavy atom. The van der Waals surface area contributed by atoms with Crippen molar-refractivity contribution in [3.8, 4) is 0 Å². The van der Waals surface area contributed by atoms with Crippen LogP contribution in [0.25, 0.3) is 10.4 Å². The lowest BCUT2D eigenvalue weighted by molar-refractivity contribution is -0.117. The number of hydrogen-bond acceptors (Lipinski definition) is 4. The number of anilines is 1. The highest BCUT2D eigenvalue weighted by Gasteiger charge is 2.30. The first-order valence-corrected chi connectivity index (χ1v) is 7.96. The molecule has 2 saturated heterocycles. The average molecular weight is 315 g/mol. The number of morpholine rings is 1. The molecule has 0 radical (unpaired) electrons. The van der Waals surface area contributed by atoms with Crippen LogP contribution in [0.15, 0.2) is 29.4 Å². The number of azide groups is 1. The first-order valence-electron chi connectivity index (χ1n) is 7.96. The van der Waals surface area contributed by atoms with E-state index in [1.165, 1.54) is 5.56 Å². The number of rotatable bonds is 5. The summed E-state index contributed by atoms with van der Waals surface area (Å²) in [6.07, 6.45) is 0.451. The molecule has 0 N–H and O–H groups in total. The van der Waals surface area contributed by atoms with Gasteiger partial charge >= 0.3 is 0 Å². The fraction of sp³-hybridized carbons (Fsp3) is 0.562. The lowest BCUT2D eigenvalue weighted by atomic mass is 10.1. The van der Waals surface area contributed by atoms with Gasteiger partial charge in [-0.1, -0.05) is 17.2 Å². The lowest BCUT2D eigenvalue weighted by Crippen LogP contribution is -2.35. The minimum Gasteiger partial charge on any atom is -0.379 e. The van der Waals surface area contributed by atoms with E-state index in [2.05, 4.69) is 27.1 Å². The van der Waals surface area contributed by atoms with Crippen LogP contribution in [-0.2, 0) is 16.1 Å². The molecule has 0 aliphatic carbocycles. The van der Waals surface area contributed by atoms with E-state index < -0.39 is 0 Å². The van der Waals surface area contributed by atoms with E-state index >= 15 is 0 Å². The first-order chi connectivity index (χ1) is 11.3. The minimum absolute atomic E-state index is 0.103. The summed E-state index contributed by atoms with van der Waals surface area (Å²) in [6.45, 7) is 5.34. The molecule has 2 aliphatic heterocycles. The molecule has 2 aliphatic rings. The van der Waals surface area contributed by atoms with Crippen molar-refractivity contribution >= 4 is 11.6 Å². The fourth-order valence-electron chi connectivity index (χ4n) is 3.15. The Morgan fingerprint density at radius 2 is 2.17 bits per heavy atom. The van der Waals surface area contributed by atoms with Crippen molar-refractivity contribution in [2.75, 3.05) is 44.3 Å². The van der Waals surface area contributed by atoms with Gasteiger partial charge in [-0.2, -0.15) is 0 Å². The van der Waals surface area contributed by atoms with Crippen molar-refractivity contribution in [3.05, 3.63) is 40.3 Å². The van der Waals surface area contributed by atoms with E-state index in [1.54, 1.807) is 4.90 Å². The van der Waals surface area contributed by atoms with Crippen LogP contribution in [0.3, 0.4) is 0 Å². The number of nitrogens with zero attached hydrogens (tertiary/aromatic N) is 5. The van der Waals surface area contributed by atoms with Crippen LogP contribution in [0.2, 0.25) is 0 Å². The quantitative estimate of drug-likeness (QED) is 0.474. The molecule has 2 heterocycles. The van der Waals surface area contributed by atoms with E-state index in [4.69, 9.17) is 10.3 Å². The number of benzene rings is 1. The van der Waals surface area contributed by atoms with Crippen molar-refractivity contribution in [3.63, 3.8) is 0 Å². The summed E-state index contributed by atoms with van der Waals surface area (Å²) >= 11 is 0. The van der Waals surface area contributed by atoms with Crippen LogP contribution in [0.1, 0.15) is 12.0 Å². The Hall–Kier alpha value is -2.08. The molecule has 1 amide bonds. The van der Waals surface area contributed by atoms with Gasteiger partial charge in [0.15, 0.2) is 0 Å². The zero-order chi connectivity index (χ0) is 16.1. The standard InChI is InChI=1S/C16H21N5O2/c17-19-18-10-14-9-16(22)21(12-14)15-3-1-2-13(8-15)11-20-4-6-23-7-5-20/h1-3,8,14H,4-7,9-12H2. The van der Waals surface area contributed by atoms with Gasteiger partial charge in [-0.25, -0.2) is 0 Å². The normalized spacial score (nSPS) is 22.2. The summed E-state index contributed by atoms with van der Waals surface area (Å²) in [5.74, 6) is 0.216. The van der Waals surface area contributed by atoms with Crippen LogP contribution in [0.5, 0.6) is 0 Å². The second-order valence-corrected chi connectivity index (χ2v) is 6.05. The van der Waals surface area contributed by atoms with Crippen molar-refractivity contribution in [1.82, 2.24) is 4.90 Å². The Labute approximate surface area is 135 Å². The molecule has 7 heteroatoms. The number of ether oxygens (including phenoxy) is 1. The zero-order valence-electron chi connectivity index (χ0n) is 13.1. The van der Waals surface area contributed by atoms with Crippen LogP contribution in [0.4, 0.5) is 5.69 Å². The summed E-state index contributed by atoms with van der Waals surface area (Å²) < 4.78 is 5.37. The highest BCUT2D eigenvalue weighted by Crippen LogP contribution is 2.26. The molecule has 122 valence electrons. The van der Waals surface area contributed by atoms with Crippen LogP contribution >= 0.6 is 0 Å². The predicted molar refractivity (Wildman–Crippen MR) is 87.0 cm³/mol. The van der Waals surface area contributed by atoms with E-state index in [0.29, 0.717) is 19.5 Å². The van der Waals surface area contributed by atoms with Gasteiger partial charge in [-0.05, 0) is 29.1 Å². The van der Waals surface area contributed by atoms with Crippen molar-refractivity contribution in [1.29, 1.82) is 0 Å². The SMILES string of the molecule is [N-]=[N+]=NCC1CC(=O)N(c2cccc(CN3CCOCC3)c2)C1. The third-order valence-corrected chi connectivity index (χ3v) is 4.34. The third-order valence-electron chi connectivity index (χ3n) is 4.34. The molecule has 1 aromatic carbocycles. The number of hydrogen-bond donors (Lipinski definition) is 0. The van der Waals surface area contributed by atoms with E-state index in [9.17, 15) is 4.79 Å². The molecule has 7 nitrogen and oxygen atoms in total. The predicted octanol–water partition coefficient (Wildman–Crippen LogP) is 2.18. The third kappa shape index (κ3) is 4.01. The number of carbonyl (C=O) groups is 1. The van der Waals surface area contributed by atoms with Gasteiger partial charge in [0.2, 0.25) is 5.91 Å². The summed E-state index contributed by atoms with van der Waals surface area (Å²) in [6, 6.07) is 8.15. The van der Waals surface area contributed by atoms with E-state index in [1.807, 2.05) is 12.1 Å². The van der Waals surface area contributed by atoms with Gasteiger partial charge < -0.3 is 9.64 Å². The Balaban J connectivity index is 1.66. The monoisotopic (exact) mass is 315 g/mol. The van der Waals surface area contributed by atoms with Crippen LogP contribution in [-0.4, -0.2) is 50.2 Å². The molecule has 0 saturated carbocycles. The summed E-state index contributed by atoms with van der Waals surface area (Å²) in [5.41, 5.74) is 10.6. The van der Waals surface area contributed by atoms with Crippen molar-refractivity contribution < 1.29 is 9.53 Å². The van der Waals surface area contributed by atoms with Gasteiger partial charge in [0.05, 0.1) is 13.2 Å². The van der Waals surface area contributed by atoms with Crippen LogP contribution in [0, 0.1) is 5.92 Å². The highest BCUT2D eigenvalue weighted by molar-refractivity contribution is 5.95. The molecule has 3 rings (SSSR count). The van der Waals surface area contributed by atoms with E-state index in [-0.39, 0.29) is 11.8 Å². The first kappa shape index (κ1) is 15.8. The Morgan fingerprint density at radius 1 is 1.35 bits per heavy atom. The lowest BCUT2D eigenvalue weighted by Gasteiger charge is -2.27. The van der Waals surface area contributed by atoms with Gasteiger partial charge in [-0.3, -0.25) is 9.69 Å². The summed E-state index contributed by atoms with van der Waals surface area (Å²) in [4.78, 5) is 19.2. The van der Waals surface area contributed by atoms with Crippen molar-refractivity contribution in [2.45, 2.75) is 13.0 Å². The van der Waals surface area contributed by atoms with E-state index in [0.717, 1.165) is 38.5 Å². The highest BCUT2D eigenvalue weighted by atomic mass is 16.5. The second kappa shape index (κ2) is 7.46. The molecule has 1 atom stereocenters. The topological polar surface area (TPSA) is 81.5 Å². The molecule has 0 aromatic heterocycles. The summed E-state index contributed by atoms with van der Waals surface area (Å²) in [5, 5.41) is 3.59. The molecular formula is C16H21N5O2. The zero-order valence-corrected chi connectivity index (χ0v) is 13.1. The minimum atomic E-state index is 0.103. The molecular weight excluding hydrogens is 294 g/mol. The molecule has 23 heavy (non-hydrogen) atoms. The Bertz CT molecular complexity index is 608.